The first-order valence-corrected chi connectivity index (χ1v) is 9.27. The highest BCUT2D eigenvalue weighted by atomic mass is 16.5. The fourth-order valence-corrected chi connectivity index (χ4v) is 3.88. The fraction of sp³-hybridized carbons (Fsp3) is 0.421. The molecule has 2 aliphatic rings. The Morgan fingerprint density at radius 2 is 1.81 bits per heavy atom. The summed E-state index contributed by atoms with van der Waals surface area (Å²) < 4.78 is 5.52. The topological polar surface area (TPSA) is 70.2 Å². The van der Waals surface area contributed by atoms with Gasteiger partial charge in [-0.3, -0.25) is 10.1 Å². The number of fused-ring (bicyclic) bond motifs is 1. The second-order valence-corrected chi connectivity index (χ2v) is 6.82. The molecule has 7 nitrogen and oxygen atoms in total. The molecule has 2 saturated heterocycles. The molecule has 7 heteroatoms. The van der Waals surface area contributed by atoms with E-state index in [4.69, 9.17) is 9.72 Å². The fourth-order valence-electron chi connectivity index (χ4n) is 3.88. The van der Waals surface area contributed by atoms with Gasteiger partial charge in [0.05, 0.1) is 18.9 Å². The molecule has 2 aliphatic heterocycles. The lowest BCUT2D eigenvalue weighted by atomic mass is 10.1. The minimum Gasteiger partial charge on any atom is -0.378 e. The highest BCUT2D eigenvalue weighted by Gasteiger charge is 2.22. The van der Waals surface area contributed by atoms with Gasteiger partial charge in [-0.1, -0.05) is 0 Å². The van der Waals surface area contributed by atoms with Gasteiger partial charge in [-0.05, 0) is 25.0 Å². The number of nitrogens with one attached hydrogen (secondary N) is 1. The maximum atomic E-state index is 5.52. The molecule has 0 aliphatic carbocycles. The average Bonchev–Trinajstić information content (AvgIpc) is 3.41. The van der Waals surface area contributed by atoms with Gasteiger partial charge in [-0.15, -0.1) is 0 Å². The quantitative estimate of drug-likeness (QED) is 0.782. The number of nitrogens with zero attached hydrogens (tertiary/aromatic N) is 5. The van der Waals surface area contributed by atoms with Crippen molar-refractivity contribution in [1.29, 1.82) is 0 Å². The summed E-state index contributed by atoms with van der Waals surface area (Å²) in [5.74, 6) is 1.01. The molecule has 0 atom stereocenters. The summed E-state index contributed by atoms with van der Waals surface area (Å²) in [6.07, 6.45) is 6.11. The van der Waals surface area contributed by atoms with Gasteiger partial charge in [0.2, 0.25) is 0 Å². The largest absolute Gasteiger partial charge is 0.378 e. The van der Waals surface area contributed by atoms with E-state index in [1.54, 1.807) is 6.20 Å². The van der Waals surface area contributed by atoms with Crippen LogP contribution in [-0.4, -0.2) is 59.6 Å². The molecular weight excluding hydrogens is 328 g/mol. The summed E-state index contributed by atoms with van der Waals surface area (Å²) in [6, 6.07) is 6.27. The molecule has 0 amide bonds. The molecule has 0 spiro atoms. The van der Waals surface area contributed by atoms with Crippen molar-refractivity contribution in [2.45, 2.75) is 12.8 Å². The molecule has 3 aromatic rings. The molecular formula is C19H22N6O. The van der Waals surface area contributed by atoms with Crippen LogP contribution in [0.4, 0.5) is 11.5 Å². The Kier molecular flexibility index (Phi) is 3.93. The summed E-state index contributed by atoms with van der Waals surface area (Å²) in [5.41, 5.74) is 3.95. The Labute approximate surface area is 152 Å². The molecule has 0 unspecified atom stereocenters. The standard InChI is InChI=1S/C19H22N6O/c1-2-8-24(7-1)16-13-17(25-9-11-26-12-10-25)22-18-14(16)3-5-20-19(18)15-4-6-21-23-15/h3-6,13H,1-2,7-12H2,(H,21,23). The number of H-pyrrole nitrogens is 1. The van der Waals surface area contributed by atoms with Crippen LogP contribution >= 0.6 is 0 Å². The van der Waals surface area contributed by atoms with Crippen molar-refractivity contribution < 1.29 is 4.74 Å². The van der Waals surface area contributed by atoms with Crippen LogP contribution in [0.3, 0.4) is 0 Å². The minimum atomic E-state index is 0.749. The van der Waals surface area contributed by atoms with Gasteiger partial charge in [0.15, 0.2) is 0 Å². The first kappa shape index (κ1) is 15.6. The number of hydrogen-bond acceptors (Lipinski definition) is 6. The summed E-state index contributed by atoms with van der Waals surface area (Å²) in [4.78, 5) is 14.4. The smallest absolute Gasteiger partial charge is 0.131 e. The van der Waals surface area contributed by atoms with E-state index in [1.165, 1.54) is 18.5 Å². The number of ether oxygens (including phenoxy) is 1. The molecule has 134 valence electrons. The van der Waals surface area contributed by atoms with Gasteiger partial charge in [0.25, 0.3) is 0 Å². The van der Waals surface area contributed by atoms with E-state index in [9.17, 15) is 0 Å². The highest BCUT2D eigenvalue weighted by Crippen LogP contribution is 2.35. The summed E-state index contributed by atoms with van der Waals surface area (Å²) in [7, 11) is 0. The lowest BCUT2D eigenvalue weighted by molar-refractivity contribution is 0.122. The van der Waals surface area contributed by atoms with Gasteiger partial charge in [-0.25, -0.2) is 4.98 Å². The van der Waals surface area contributed by atoms with Crippen molar-refractivity contribution >= 4 is 22.4 Å². The average molecular weight is 350 g/mol. The number of rotatable bonds is 3. The normalized spacial score (nSPS) is 18.0. The third-order valence-corrected chi connectivity index (χ3v) is 5.23. The second-order valence-electron chi connectivity index (χ2n) is 6.82. The summed E-state index contributed by atoms with van der Waals surface area (Å²) in [6.45, 7) is 5.44. The van der Waals surface area contributed by atoms with Crippen molar-refractivity contribution in [3.63, 3.8) is 0 Å². The number of hydrogen-bond donors (Lipinski definition) is 1. The van der Waals surface area contributed by atoms with Gasteiger partial charge in [0, 0.05) is 55.7 Å². The van der Waals surface area contributed by atoms with Crippen LogP contribution < -0.4 is 9.80 Å². The summed E-state index contributed by atoms with van der Waals surface area (Å²) in [5, 5.41) is 8.28. The third kappa shape index (κ3) is 2.68. The number of anilines is 2. The van der Waals surface area contributed by atoms with E-state index >= 15 is 0 Å². The van der Waals surface area contributed by atoms with E-state index in [0.717, 1.165) is 67.5 Å². The predicted molar refractivity (Wildman–Crippen MR) is 102 cm³/mol. The lowest BCUT2D eigenvalue weighted by Gasteiger charge is -2.30. The minimum absolute atomic E-state index is 0.749. The van der Waals surface area contributed by atoms with Gasteiger partial charge >= 0.3 is 0 Å². The molecule has 3 aromatic heterocycles. The van der Waals surface area contributed by atoms with Crippen LogP contribution in [0.2, 0.25) is 0 Å². The Bertz CT molecular complexity index is 898. The molecule has 0 radical (unpaired) electrons. The molecule has 0 saturated carbocycles. The highest BCUT2D eigenvalue weighted by molar-refractivity contribution is 6.00. The van der Waals surface area contributed by atoms with E-state index < -0.39 is 0 Å². The Morgan fingerprint density at radius 1 is 0.962 bits per heavy atom. The van der Waals surface area contributed by atoms with E-state index in [1.807, 2.05) is 12.3 Å². The first-order chi connectivity index (χ1) is 12.9. The molecule has 5 rings (SSSR count). The number of morpholine rings is 1. The van der Waals surface area contributed by atoms with Crippen molar-refractivity contribution in [1.82, 2.24) is 20.2 Å². The van der Waals surface area contributed by atoms with E-state index in [2.05, 4.69) is 37.1 Å². The van der Waals surface area contributed by atoms with Crippen LogP contribution in [0, 0.1) is 0 Å². The molecule has 26 heavy (non-hydrogen) atoms. The van der Waals surface area contributed by atoms with Gasteiger partial charge in [-0.2, -0.15) is 5.10 Å². The molecule has 2 fully saturated rings. The van der Waals surface area contributed by atoms with Crippen molar-refractivity contribution in [3.05, 3.63) is 30.6 Å². The van der Waals surface area contributed by atoms with Crippen molar-refractivity contribution in [3.8, 4) is 11.4 Å². The zero-order valence-corrected chi connectivity index (χ0v) is 14.7. The third-order valence-electron chi connectivity index (χ3n) is 5.23. The summed E-state index contributed by atoms with van der Waals surface area (Å²) >= 11 is 0. The number of aromatic amines is 1. The molecule has 0 aromatic carbocycles. The number of pyridine rings is 2. The van der Waals surface area contributed by atoms with Crippen LogP contribution in [0.25, 0.3) is 22.3 Å². The van der Waals surface area contributed by atoms with E-state index in [-0.39, 0.29) is 0 Å². The monoisotopic (exact) mass is 350 g/mol. The Hall–Kier alpha value is -2.67. The maximum Gasteiger partial charge on any atom is 0.131 e. The zero-order valence-electron chi connectivity index (χ0n) is 14.7. The van der Waals surface area contributed by atoms with Crippen LogP contribution in [0.1, 0.15) is 12.8 Å². The van der Waals surface area contributed by atoms with Crippen LogP contribution in [0.5, 0.6) is 0 Å². The Balaban J connectivity index is 1.71. The molecule has 1 N–H and O–H groups in total. The maximum absolute atomic E-state index is 5.52. The van der Waals surface area contributed by atoms with Crippen molar-refractivity contribution in [2.75, 3.05) is 49.2 Å². The molecule has 5 heterocycles. The molecule has 0 bridgehead atoms. The Morgan fingerprint density at radius 3 is 2.58 bits per heavy atom. The lowest BCUT2D eigenvalue weighted by Crippen LogP contribution is -2.37. The van der Waals surface area contributed by atoms with Crippen LogP contribution in [-0.2, 0) is 4.74 Å². The van der Waals surface area contributed by atoms with E-state index in [0.29, 0.717) is 0 Å². The predicted octanol–water partition coefficient (Wildman–Crippen LogP) is 2.46. The van der Waals surface area contributed by atoms with Gasteiger partial charge < -0.3 is 14.5 Å². The van der Waals surface area contributed by atoms with Crippen LogP contribution in [0.15, 0.2) is 30.6 Å². The zero-order chi connectivity index (χ0) is 17.3. The first-order valence-electron chi connectivity index (χ1n) is 9.27. The SMILES string of the molecule is c1cc(-c2nccc3c(N4CCCC4)cc(N4CCOCC4)nc23)[nH]n1. The van der Waals surface area contributed by atoms with Crippen molar-refractivity contribution in [2.24, 2.45) is 0 Å². The second kappa shape index (κ2) is 6.57. The van der Waals surface area contributed by atoms with Gasteiger partial charge in [0.1, 0.15) is 17.0 Å². The number of aromatic nitrogens is 4.